The summed E-state index contributed by atoms with van der Waals surface area (Å²) in [6.07, 6.45) is 42.6. The number of aliphatic carboxylic acids is 1. The Morgan fingerprint density at radius 3 is 1.31 bits per heavy atom. The van der Waals surface area contributed by atoms with Crippen molar-refractivity contribution in [2.24, 2.45) is 0 Å². The van der Waals surface area contributed by atoms with E-state index in [0.29, 0.717) is 19.3 Å². The minimum Gasteiger partial charge on any atom is -0.479 e. The van der Waals surface area contributed by atoms with Gasteiger partial charge in [0.05, 0.1) is 6.61 Å². The van der Waals surface area contributed by atoms with Crippen LogP contribution in [0.5, 0.6) is 0 Å². The molecule has 6 atom stereocenters. The maximum Gasteiger partial charge on any atom is 0.335 e. The second-order valence-electron chi connectivity index (χ2n) is 19.9. The lowest BCUT2D eigenvalue weighted by atomic mass is 9.98. The summed E-state index contributed by atoms with van der Waals surface area (Å²) in [6, 6.07) is 0. The number of allylic oxidation sites excluding steroid dienone is 6. The van der Waals surface area contributed by atoms with Crippen LogP contribution in [0.3, 0.4) is 0 Å². The van der Waals surface area contributed by atoms with Gasteiger partial charge in [0.1, 0.15) is 18.8 Å². The molecule has 71 heavy (non-hydrogen) atoms. The van der Waals surface area contributed by atoms with Crippen molar-refractivity contribution in [3.8, 4) is 0 Å². The highest BCUT2D eigenvalue weighted by molar-refractivity contribution is 5.74. The Bertz CT molecular complexity index is 1380. The van der Waals surface area contributed by atoms with Gasteiger partial charge in [-0.05, 0) is 77.0 Å². The molecule has 1 aliphatic heterocycles. The molecule has 0 aliphatic carbocycles. The molecule has 12 nitrogen and oxygen atoms in total. The molecule has 0 saturated carbocycles. The van der Waals surface area contributed by atoms with Gasteiger partial charge >= 0.3 is 23.9 Å². The fourth-order valence-corrected chi connectivity index (χ4v) is 8.69. The number of carbonyl (C=O) groups is 4. The number of aliphatic hydroxyl groups is 2. The zero-order valence-corrected chi connectivity index (χ0v) is 45.2. The van der Waals surface area contributed by atoms with Gasteiger partial charge in [0.15, 0.2) is 24.6 Å². The van der Waals surface area contributed by atoms with Gasteiger partial charge in [-0.3, -0.25) is 14.4 Å². The Kier molecular flexibility index (Phi) is 44.5. The molecule has 0 aromatic heterocycles. The van der Waals surface area contributed by atoms with Gasteiger partial charge in [-0.15, -0.1) is 0 Å². The van der Waals surface area contributed by atoms with Crippen LogP contribution in [0.25, 0.3) is 0 Å². The molecule has 0 amide bonds. The zero-order valence-electron chi connectivity index (χ0n) is 45.2. The normalized spacial score (nSPS) is 18.7. The van der Waals surface area contributed by atoms with Crippen LogP contribution >= 0.6 is 0 Å². The molecular weight excluding hydrogens is 901 g/mol. The fourth-order valence-electron chi connectivity index (χ4n) is 8.69. The van der Waals surface area contributed by atoms with Gasteiger partial charge in [0.25, 0.3) is 0 Å². The molecule has 0 spiro atoms. The van der Waals surface area contributed by atoms with Crippen LogP contribution < -0.4 is 0 Å². The number of carboxylic acids is 1. The monoisotopic (exact) mass is 1000 g/mol. The van der Waals surface area contributed by atoms with E-state index in [4.69, 9.17) is 23.7 Å². The van der Waals surface area contributed by atoms with E-state index in [9.17, 15) is 34.5 Å². The minimum absolute atomic E-state index is 0.0465. The summed E-state index contributed by atoms with van der Waals surface area (Å²) in [5.74, 6) is -3.13. The molecule has 3 N–H and O–H groups in total. The number of ether oxygens (including phenoxy) is 5. The van der Waals surface area contributed by atoms with E-state index in [-0.39, 0.29) is 25.9 Å². The van der Waals surface area contributed by atoms with E-state index in [1.165, 1.54) is 103 Å². The van der Waals surface area contributed by atoms with E-state index in [1.54, 1.807) is 0 Å². The molecule has 0 aromatic rings. The van der Waals surface area contributed by atoms with E-state index in [0.717, 1.165) is 103 Å². The number of carboxylic acid groups (broad SMARTS) is 1. The first-order valence-corrected chi connectivity index (χ1v) is 29.0. The maximum atomic E-state index is 13.1. The summed E-state index contributed by atoms with van der Waals surface area (Å²) in [6.45, 7) is 5.95. The van der Waals surface area contributed by atoms with Crippen molar-refractivity contribution in [2.45, 2.75) is 302 Å². The van der Waals surface area contributed by atoms with E-state index < -0.39 is 67.3 Å². The lowest BCUT2D eigenvalue weighted by Gasteiger charge is -2.40. The van der Waals surface area contributed by atoms with Crippen molar-refractivity contribution in [1.29, 1.82) is 0 Å². The van der Waals surface area contributed by atoms with Crippen LogP contribution in [0, 0.1) is 0 Å². The number of esters is 3. The van der Waals surface area contributed by atoms with Gasteiger partial charge in [0, 0.05) is 19.3 Å². The van der Waals surface area contributed by atoms with Gasteiger partial charge < -0.3 is 39.0 Å². The fraction of sp³-hybridized carbons (Fsp3) is 0.831. The predicted molar refractivity (Wildman–Crippen MR) is 285 cm³/mol. The summed E-state index contributed by atoms with van der Waals surface area (Å²) >= 11 is 0. The van der Waals surface area contributed by atoms with E-state index in [2.05, 4.69) is 57.2 Å². The van der Waals surface area contributed by atoms with Crippen LogP contribution in [0.2, 0.25) is 0 Å². The van der Waals surface area contributed by atoms with E-state index in [1.807, 2.05) is 0 Å². The van der Waals surface area contributed by atoms with E-state index >= 15 is 0 Å². The first-order valence-electron chi connectivity index (χ1n) is 29.0. The maximum absolute atomic E-state index is 13.1. The van der Waals surface area contributed by atoms with Gasteiger partial charge in [-0.2, -0.15) is 0 Å². The number of aliphatic hydroxyl groups excluding tert-OH is 2. The first-order chi connectivity index (χ1) is 34.6. The van der Waals surface area contributed by atoms with Crippen LogP contribution in [-0.4, -0.2) is 89.2 Å². The first kappa shape index (κ1) is 66.0. The molecule has 12 heteroatoms. The summed E-state index contributed by atoms with van der Waals surface area (Å²) < 4.78 is 28.4. The molecule has 0 radical (unpaired) electrons. The number of unbranched alkanes of at least 4 members (excludes halogenated alkanes) is 29. The highest BCUT2D eigenvalue weighted by Crippen LogP contribution is 2.26. The molecule has 1 rings (SSSR count). The molecular formula is C59H104O12. The van der Waals surface area contributed by atoms with Crippen LogP contribution in [0.15, 0.2) is 36.5 Å². The molecule has 1 heterocycles. The number of hydrogen-bond donors (Lipinski definition) is 3. The topological polar surface area (TPSA) is 175 Å². The van der Waals surface area contributed by atoms with Gasteiger partial charge in [-0.25, -0.2) is 4.79 Å². The number of carbonyl (C=O) groups excluding carboxylic acids is 3. The average molecular weight is 1010 g/mol. The van der Waals surface area contributed by atoms with Crippen molar-refractivity contribution in [2.75, 3.05) is 13.2 Å². The quantitative estimate of drug-likeness (QED) is 0.0228. The molecule has 1 saturated heterocycles. The van der Waals surface area contributed by atoms with Crippen LogP contribution in [-0.2, 0) is 42.9 Å². The third kappa shape index (κ3) is 38.2. The molecule has 0 aromatic carbocycles. The lowest BCUT2D eigenvalue weighted by Crippen LogP contribution is -2.61. The van der Waals surface area contributed by atoms with Crippen molar-refractivity contribution in [1.82, 2.24) is 0 Å². The summed E-state index contributed by atoms with van der Waals surface area (Å²) in [5.41, 5.74) is 0. The summed E-state index contributed by atoms with van der Waals surface area (Å²) in [7, 11) is 0. The number of rotatable bonds is 49. The zero-order chi connectivity index (χ0) is 51.8. The van der Waals surface area contributed by atoms with Crippen molar-refractivity contribution >= 4 is 23.9 Å². The molecule has 1 aliphatic rings. The second kappa shape index (κ2) is 47.9. The van der Waals surface area contributed by atoms with Gasteiger partial charge in [-0.1, -0.05) is 205 Å². The second-order valence-corrected chi connectivity index (χ2v) is 19.9. The molecule has 412 valence electrons. The predicted octanol–water partition coefficient (Wildman–Crippen LogP) is 14.5. The van der Waals surface area contributed by atoms with Crippen molar-refractivity contribution in [3.63, 3.8) is 0 Å². The third-order valence-electron chi connectivity index (χ3n) is 13.2. The number of hydrogen-bond acceptors (Lipinski definition) is 11. The Hall–Kier alpha value is -3.06. The standard InChI is InChI=1S/C59H104O12/c1-4-7-10-13-16-19-22-24-26-28-31-33-36-39-42-45-51(60)67-48-50(69-52(61)46-43-40-37-34-30-21-18-15-12-9-6-3)49-68-59-57(55(64)54(63)56(71-59)58(65)66)70-53(62)47-44-41-38-35-32-29-27-25-23-20-17-14-11-8-5-2/h17,20,24-27,50,54-57,59,63-64H,4-16,18-19,21-23,28-49H2,1-3H3,(H,65,66)/b20-17-,26-24-,27-25-. The van der Waals surface area contributed by atoms with Crippen molar-refractivity contribution in [3.05, 3.63) is 36.5 Å². The van der Waals surface area contributed by atoms with Crippen molar-refractivity contribution < 1.29 is 58.2 Å². The SMILES string of the molecule is CCCCC/C=C\C/C=C\CCCCCCCC(=O)OC1C(OCC(COC(=O)CCCCCCC/C=C\CCCCCCCC)OC(=O)CCCCCCCCCCCCC)OC(C(=O)O)C(O)C1O. The Labute approximate surface area is 431 Å². The summed E-state index contributed by atoms with van der Waals surface area (Å²) in [4.78, 5) is 51.0. The van der Waals surface area contributed by atoms with Gasteiger partial charge in [0.2, 0.25) is 0 Å². The average Bonchev–Trinajstić information content (AvgIpc) is 3.35. The smallest absolute Gasteiger partial charge is 0.335 e. The third-order valence-corrected chi connectivity index (χ3v) is 13.2. The largest absolute Gasteiger partial charge is 0.479 e. The molecule has 1 fully saturated rings. The molecule has 0 bridgehead atoms. The van der Waals surface area contributed by atoms with Crippen LogP contribution in [0.4, 0.5) is 0 Å². The highest BCUT2D eigenvalue weighted by atomic mass is 16.7. The molecule has 6 unspecified atom stereocenters. The lowest BCUT2D eigenvalue weighted by molar-refractivity contribution is -0.301. The Morgan fingerprint density at radius 1 is 0.465 bits per heavy atom. The van der Waals surface area contributed by atoms with Crippen LogP contribution in [0.1, 0.15) is 265 Å². The Morgan fingerprint density at radius 2 is 0.845 bits per heavy atom. The summed E-state index contributed by atoms with van der Waals surface area (Å²) in [5, 5.41) is 31.4. The minimum atomic E-state index is -1.90. The highest BCUT2D eigenvalue weighted by Gasteiger charge is 2.50. The Balaban J connectivity index is 2.70.